The molecule has 1 aromatic heterocycles. The highest BCUT2D eigenvalue weighted by Crippen LogP contribution is 2.23. The summed E-state index contributed by atoms with van der Waals surface area (Å²) in [5, 5.41) is 9.26. The first-order valence-corrected chi connectivity index (χ1v) is 7.98. The third-order valence-electron chi connectivity index (χ3n) is 3.28. The first-order chi connectivity index (χ1) is 10.4. The Morgan fingerprint density at radius 3 is 2.68 bits per heavy atom. The summed E-state index contributed by atoms with van der Waals surface area (Å²) in [7, 11) is 0. The van der Waals surface area contributed by atoms with Gasteiger partial charge in [0.05, 0.1) is 11.7 Å². The zero-order valence-corrected chi connectivity index (χ0v) is 13.7. The Balaban J connectivity index is 2.02. The largest absolute Gasteiger partial charge is 0.361 e. The molecular formula is C15H18FN3O2S. The maximum atomic E-state index is 13.7. The average Bonchev–Trinajstić information content (AvgIpc) is 2.78. The van der Waals surface area contributed by atoms with E-state index in [1.54, 1.807) is 25.3 Å². The van der Waals surface area contributed by atoms with E-state index in [2.05, 4.69) is 15.8 Å². The number of carbonyl (C=O) groups is 1. The van der Waals surface area contributed by atoms with Crippen LogP contribution < -0.4 is 10.6 Å². The lowest BCUT2D eigenvalue weighted by molar-refractivity contribution is 0.249. The minimum atomic E-state index is -0.413. The predicted octanol–water partition coefficient (Wildman–Crippen LogP) is 4.04. The van der Waals surface area contributed by atoms with Crippen LogP contribution in [0.2, 0.25) is 0 Å². The zero-order valence-electron chi connectivity index (χ0n) is 12.9. The Labute approximate surface area is 132 Å². The number of anilines is 1. The molecule has 0 aliphatic heterocycles. The number of amides is 2. The molecular weight excluding hydrogens is 305 g/mol. The van der Waals surface area contributed by atoms with Crippen LogP contribution in [0.4, 0.5) is 14.9 Å². The SMILES string of the molecule is CSc1ccc(NC(=O)NC(C)c2c(C)noc2C)cc1F. The minimum Gasteiger partial charge on any atom is -0.361 e. The number of nitrogens with zero attached hydrogens (tertiary/aromatic N) is 1. The molecule has 0 saturated heterocycles. The van der Waals surface area contributed by atoms with E-state index in [-0.39, 0.29) is 11.9 Å². The van der Waals surface area contributed by atoms with Crippen molar-refractivity contribution in [3.8, 4) is 0 Å². The second-order valence-electron chi connectivity index (χ2n) is 4.91. The Morgan fingerprint density at radius 2 is 2.14 bits per heavy atom. The number of urea groups is 1. The molecule has 1 unspecified atom stereocenters. The molecule has 2 amide bonds. The van der Waals surface area contributed by atoms with Crippen LogP contribution in [-0.2, 0) is 0 Å². The van der Waals surface area contributed by atoms with Crippen LogP contribution in [0.25, 0.3) is 0 Å². The smallest absolute Gasteiger partial charge is 0.319 e. The van der Waals surface area contributed by atoms with Crippen LogP contribution in [0.3, 0.4) is 0 Å². The molecule has 22 heavy (non-hydrogen) atoms. The number of nitrogens with one attached hydrogen (secondary N) is 2. The fraction of sp³-hybridized carbons (Fsp3) is 0.333. The number of hydrogen-bond acceptors (Lipinski definition) is 4. The molecule has 0 bridgehead atoms. The second-order valence-corrected chi connectivity index (χ2v) is 5.76. The Morgan fingerprint density at radius 1 is 1.41 bits per heavy atom. The van der Waals surface area contributed by atoms with Gasteiger partial charge in [0.2, 0.25) is 0 Å². The molecule has 0 fully saturated rings. The van der Waals surface area contributed by atoms with Gasteiger partial charge in [0.25, 0.3) is 0 Å². The van der Waals surface area contributed by atoms with Crippen LogP contribution in [0.1, 0.15) is 30.0 Å². The molecule has 7 heteroatoms. The van der Waals surface area contributed by atoms with Crippen molar-refractivity contribution in [1.82, 2.24) is 10.5 Å². The first-order valence-electron chi connectivity index (χ1n) is 6.76. The highest BCUT2D eigenvalue weighted by atomic mass is 32.2. The monoisotopic (exact) mass is 323 g/mol. The van der Waals surface area contributed by atoms with E-state index in [4.69, 9.17) is 4.52 Å². The van der Waals surface area contributed by atoms with Gasteiger partial charge in [-0.25, -0.2) is 9.18 Å². The first kappa shape index (κ1) is 16.4. The number of hydrogen-bond donors (Lipinski definition) is 2. The van der Waals surface area contributed by atoms with Crippen molar-refractivity contribution in [3.05, 3.63) is 41.0 Å². The molecule has 5 nitrogen and oxygen atoms in total. The summed E-state index contributed by atoms with van der Waals surface area (Å²) in [6.45, 7) is 5.45. The van der Waals surface area contributed by atoms with Gasteiger partial charge < -0.3 is 15.2 Å². The number of aryl methyl sites for hydroxylation is 2. The van der Waals surface area contributed by atoms with E-state index in [1.807, 2.05) is 13.8 Å². The van der Waals surface area contributed by atoms with E-state index in [1.165, 1.54) is 17.8 Å². The molecule has 1 aromatic carbocycles. The summed E-state index contributed by atoms with van der Waals surface area (Å²) in [5.74, 6) is 0.310. The molecule has 2 N–H and O–H groups in total. The van der Waals surface area contributed by atoms with Gasteiger partial charge in [-0.2, -0.15) is 0 Å². The second kappa shape index (κ2) is 6.83. The zero-order chi connectivity index (χ0) is 16.3. The van der Waals surface area contributed by atoms with E-state index in [0.717, 1.165) is 11.3 Å². The number of rotatable bonds is 4. The predicted molar refractivity (Wildman–Crippen MR) is 84.7 cm³/mol. The molecule has 2 aromatic rings. The third-order valence-corrected chi connectivity index (χ3v) is 4.05. The van der Waals surface area contributed by atoms with Crippen molar-refractivity contribution < 1.29 is 13.7 Å². The van der Waals surface area contributed by atoms with Gasteiger partial charge in [-0.3, -0.25) is 0 Å². The lowest BCUT2D eigenvalue weighted by Crippen LogP contribution is -2.31. The van der Waals surface area contributed by atoms with Crippen molar-refractivity contribution in [2.24, 2.45) is 0 Å². The van der Waals surface area contributed by atoms with Gasteiger partial charge in [-0.15, -0.1) is 11.8 Å². The standard InChI is InChI=1S/C15H18FN3O2S/c1-8(14-9(2)19-21-10(14)3)17-15(20)18-11-5-6-13(22-4)12(16)7-11/h5-8H,1-4H3,(H2,17,18,20). The van der Waals surface area contributed by atoms with E-state index >= 15 is 0 Å². The van der Waals surface area contributed by atoms with Crippen LogP contribution in [0.5, 0.6) is 0 Å². The summed E-state index contributed by atoms with van der Waals surface area (Å²) >= 11 is 1.31. The summed E-state index contributed by atoms with van der Waals surface area (Å²) in [6, 6.07) is 3.92. The molecule has 0 aliphatic rings. The highest BCUT2D eigenvalue weighted by Gasteiger charge is 2.18. The quantitative estimate of drug-likeness (QED) is 0.834. The van der Waals surface area contributed by atoms with Crippen LogP contribution >= 0.6 is 11.8 Å². The van der Waals surface area contributed by atoms with Crippen molar-refractivity contribution >= 4 is 23.5 Å². The molecule has 0 aliphatic carbocycles. The normalized spacial score (nSPS) is 12.0. The number of halogens is 1. The van der Waals surface area contributed by atoms with Crippen molar-refractivity contribution in [2.75, 3.05) is 11.6 Å². The van der Waals surface area contributed by atoms with Crippen LogP contribution in [-0.4, -0.2) is 17.4 Å². The van der Waals surface area contributed by atoms with Crippen LogP contribution in [0, 0.1) is 19.7 Å². The maximum Gasteiger partial charge on any atom is 0.319 e. The number of benzene rings is 1. The lowest BCUT2D eigenvalue weighted by Gasteiger charge is -2.14. The number of aromatic nitrogens is 1. The fourth-order valence-electron chi connectivity index (χ4n) is 2.29. The minimum absolute atomic E-state index is 0.262. The Kier molecular flexibility index (Phi) is 5.07. The van der Waals surface area contributed by atoms with Crippen molar-refractivity contribution in [2.45, 2.75) is 31.7 Å². The molecule has 1 atom stereocenters. The topological polar surface area (TPSA) is 67.2 Å². The van der Waals surface area contributed by atoms with Gasteiger partial charge in [0, 0.05) is 16.1 Å². The number of thioether (sulfide) groups is 1. The lowest BCUT2D eigenvalue weighted by atomic mass is 10.1. The van der Waals surface area contributed by atoms with Gasteiger partial charge in [0.1, 0.15) is 11.6 Å². The Bertz CT molecular complexity index is 668. The van der Waals surface area contributed by atoms with E-state index in [0.29, 0.717) is 16.3 Å². The number of carbonyl (C=O) groups excluding carboxylic acids is 1. The maximum absolute atomic E-state index is 13.7. The molecule has 0 radical (unpaired) electrons. The van der Waals surface area contributed by atoms with Gasteiger partial charge in [-0.05, 0) is 45.2 Å². The fourth-order valence-corrected chi connectivity index (χ4v) is 2.75. The third kappa shape index (κ3) is 3.59. The molecule has 2 rings (SSSR count). The van der Waals surface area contributed by atoms with Gasteiger partial charge in [0.15, 0.2) is 0 Å². The molecule has 0 spiro atoms. The summed E-state index contributed by atoms with van der Waals surface area (Å²) in [4.78, 5) is 12.5. The van der Waals surface area contributed by atoms with Gasteiger partial charge >= 0.3 is 6.03 Å². The molecule has 0 saturated carbocycles. The van der Waals surface area contributed by atoms with Crippen molar-refractivity contribution in [3.63, 3.8) is 0 Å². The van der Waals surface area contributed by atoms with Gasteiger partial charge in [-0.1, -0.05) is 5.16 Å². The summed E-state index contributed by atoms with van der Waals surface area (Å²) in [6.07, 6.45) is 1.80. The van der Waals surface area contributed by atoms with E-state index < -0.39 is 6.03 Å². The molecule has 118 valence electrons. The highest BCUT2D eigenvalue weighted by molar-refractivity contribution is 7.98. The average molecular weight is 323 g/mol. The Hall–Kier alpha value is -2.02. The summed E-state index contributed by atoms with van der Waals surface area (Å²) in [5.41, 5.74) is 1.98. The van der Waals surface area contributed by atoms with E-state index in [9.17, 15) is 9.18 Å². The molecule has 1 heterocycles. The van der Waals surface area contributed by atoms with Crippen molar-refractivity contribution in [1.29, 1.82) is 0 Å². The summed E-state index contributed by atoms with van der Waals surface area (Å²) < 4.78 is 18.8. The van der Waals surface area contributed by atoms with Crippen LogP contribution in [0.15, 0.2) is 27.6 Å².